The normalized spacial score (nSPS) is 12.1. The first-order valence-electron chi connectivity index (χ1n) is 9.04. The van der Waals surface area contributed by atoms with Crippen molar-refractivity contribution < 1.29 is 9.15 Å². The van der Waals surface area contributed by atoms with Crippen LogP contribution in [0.4, 0.5) is 0 Å². The van der Waals surface area contributed by atoms with Crippen LogP contribution in [-0.4, -0.2) is 16.8 Å². The minimum atomic E-state index is -1.73. The summed E-state index contributed by atoms with van der Waals surface area (Å²) >= 11 is 17.1. The molecule has 0 aliphatic carbocycles. The second-order valence-corrected chi connectivity index (χ2v) is 8.48. The molecule has 0 saturated heterocycles. The van der Waals surface area contributed by atoms with Crippen molar-refractivity contribution in [2.75, 3.05) is 6.61 Å². The number of nitrogens with zero attached hydrogens (tertiary/aromatic N) is 2. The number of hydrogen-bond acceptors (Lipinski definition) is 4. The van der Waals surface area contributed by atoms with E-state index >= 15 is 0 Å². The summed E-state index contributed by atoms with van der Waals surface area (Å²) in [5.41, 5.74) is 3.18. The Kier molecular flexibility index (Phi) is 7.37. The van der Waals surface area contributed by atoms with Crippen molar-refractivity contribution in [2.24, 2.45) is 0 Å². The maximum absolute atomic E-state index is 5.71. The van der Waals surface area contributed by atoms with Crippen molar-refractivity contribution in [2.45, 2.75) is 17.1 Å². The molecule has 0 atom stereocenters. The van der Waals surface area contributed by atoms with Crippen LogP contribution in [-0.2, 0) is 3.79 Å². The lowest BCUT2D eigenvalue weighted by Crippen LogP contribution is -1.99. The van der Waals surface area contributed by atoms with E-state index in [0.717, 1.165) is 35.5 Å². The number of aromatic nitrogens is 2. The third kappa shape index (κ3) is 6.64. The van der Waals surface area contributed by atoms with Crippen molar-refractivity contribution in [1.82, 2.24) is 10.2 Å². The van der Waals surface area contributed by atoms with E-state index in [1.807, 2.05) is 54.6 Å². The quantitative estimate of drug-likeness (QED) is 0.287. The number of benzene rings is 2. The third-order valence-electron chi connectivity index (χ3n) is 3.86. The number of hydrogen-bond donors (Lipinski definition) is 0. The van der Waals surface area contributed by atoms with Crippen LogP contribution in [0.3, 0.4) is 0 Å². The van der Waals surface area contributed by atoms with Crippen molar-refractivity contribution >= 4 is 59.1 Å². The fourth-order valence-corrected chi connectivity index (χ4v) is 2.62. The van der Waals surface area contributed by atoms with Crippen LogP contribution in [0, 0.1) is 0 Å². The van der Waals surface area contributed by atoms with Gasteiger partial charge >= 0.3 is 0 Å². The Morgan fingerprint density at radius 1 is 0.828 bits per heavy atom. The first kappa shape index (κ1) is 21.4. The molecular weight excluding hydrogens is 431 g/mol. The zero-order valence-electron chi connectivity index (χ0n) is 15.7. The predicted molar refractivity (Wildman–Crippen MR) is 120 cm³/mol. The average molecular weight is 450 g/mol. The molecule has 0 unspecified atom stereocenters. The Morgan fingerprint density at radius 2 is 1.34 bits per heavy atom. The highest BCUT2D eigenvalue weighted by atomic mass is 35.6. The Labute approximate surface area is 184 Å². The molecule has 1 aromatic heterocycles. The number of alkyl halides is 3. The van der Waals surface area contributed by atoms with E-state index < -0.39 is 3.79 Å². The molecule has 3 aromatic rings. The topological polar surface area (TPSA) is 48.2 Å². The molecule has 0 radical (unpaired) electrons. The van der Waals surface area contributed by atoms with E-state index in [1.165, 1.54) is 0 Å². The van der Waals surface area contributed by atoms with Crippen molar-refractivity contribution in [3.8, 4) is 5.75 Å². The molecule has 0 fully saturated rings. The Balaban J connectivity index is 1.59. The van der Waals surface area contributed by atoms with Gasteiger partial charge in [-0.2, -0.15) is 0 Å². The number of halogens is 3. The maximum Gasteiger partial charge on any atom is 0.268 e. The molecule has 7 heteroatoms. The molecule has 0 amide bonds. The first-order chi connectivity index (χ1) is 13.9. The molecule has 3 rings (SSSR count). The summed E-state index contributed by atoms with van der Waals surface area (Å²) in [6.45, 7) is 2.82. The van der Waals surface area contributed by atoms with Gasteiger partial charge in [-0.05, 0) is 41.3 Å². The minimum absolute atomic E-state index is 0.0624. The number of ether oxygens (including phenoxy) is 1. The van der Waals surface area contributed by atoms with Gasteiger partial charge in [0.05, 0.1) is 6.61 Å². The van der Waals surface area contributed by atoms with Gasteiger partial charge in [0.25, 0.3) is 9.68 Å². The molecule has 0 bridgehead atoms. The second-order valence-electron chi connectivity index (χ2n) is 6.19. The van der Waals surface area contributed by atoms with Crippen LogP contribution in [0.5, 0.6) is 5.75 Å². The summed E-state index contributed by atoms with van der Waals surface area (Å²) < 4.78 is 9.15. The molecule has 0 spiro atoms. The van der Waals surface area contributed by atoms with Gasteiger partial charge in [0.1, 0.15) is 5.75 Å². The third-order valence-corrected chi connectivity index (χ3v) is 4.34. The Bertz CT molecular complexity index is 973. The highest BCUT2D eigenvalue weighted by molar-refractivity contribution is 6.66. The molecule has 0 aliphatic rings. The average Bonchev–Trinajstić information content (AvgIpc) is 3.20. The van der Waals surface area contributed by atoms with Gasteiger partial charge in [0, 0.05) is 6.08 Å². The summed E-state index contributed by atoms with van der Waals surface area (Å²) in [6.07, 6.45) is 8.63. The largest absolute Gasteiger partial charge is 0.494 e. The van der Waals surface area contributed by atoms with Crippen molar-refractivity contribution in [1.29, 1.82) is 0 Å². The molecule has 1 heterocycles. The van der Waals surface area contributed by atoms with Crippen molar-refractivity contribution in [3.63, 3.8) is 0 Å². The highest BCUT2D eigenvalue weighted by Gasteiger charge is 2.29. The zero-order chi connectivity index (χ0) is 20.7. The maximum atomic E-state index is 5.71. The lowest BCUT2D eigenvalue weighted by atomic mass is 10.1. The Hall–Kier alpha value is -2.27. The van der Waals surface area contributed by atoms with Gasteiger partial charge < -0.3 is 9.15 Å². The van der Waals surface area contributed by atoms with Gasteiger partial charge in [0.2, 0.25) is 5.89 Å². The zero-order valence-corrected chi connectivity index (χ0v) is 18.0. The highest BCUT2D eigenvalue weighted by Crippen LogP contribution is 2.37. The second kappa shape index (κ2) is 9.97. The summed E-state index contributed by atoms with van der Waals surface area (Å²) in [5, 5.41) is 7.53. The monoisotopic (exact) mass is 448 g/mol. The summed E-state index contributed by atoms with van der Waals surface area (Å²) in [7, 11) is 0. The van der Waals surface area contributed by atoms with Gasteiger partial charge in [0.15, 0.2) is 0 Å². The van der Waals surface area contributed by atoms with Gasteiger partial charge in [-0.3, -0.25) is 0 Å². The SMILES string of the molecule is CCCOc1ccc(C=Cc2ccc(C=Cc3nnc(C(Cl)(Cl)Cl)o3)cc2)cc1. The fraction of sp³-hybridized carbons (Fsp3) is 0.182. The van der Waals surface area contributed by atoms with E-state index in [0.29, 0.717) is 0 Å². The van der Waals surface area contributed by atoms with E-state index in [-0.39, 0.29) is 11.8 Å². The van der Waals surface area contributed by atoms with Crippen LogP contribution in [0.25, 0.3) is 24.3 Å². The summed E-state index contributed by atoms with van der Waals surface area (Å²) in [6, 6.07) is 16.1. The fourth-order valence-electron chi connectivity index (χ4n) is 2.39. The van der Waals surface area contributed by atoms with Crippen LogP contribution in [0.2, 0.25) is 0 Å². The summed E-state index contributed by atoms with van der Waals surface area (Å²) in [4.78, 5) is 0. The van der Waals surface area contributed by atoms with Crippen LogP contribution < -0.4 is 4.74 Å². The van der Waals surface area contributed by atoms with Crippen molar-refractivity contribution in [3.05, 3.63) is 77.0 Å². The molecule has 4 nitrogen and oxygen atoms in total. The molecule has 0 N–H and O–H groups in total. The lowest BCUT2D eigenvalue weighted by molar-refractivity contribution is 0.317. The number of rotatable bonds is 7. The van der Waals surface area contributed by atoms with Gasteiger partial charge in [-0.15, -0.1) is 10.2 Å². The molecule has 0 saturated carbocycles. The van der Waals surface area contributed by atoms with E-state index in [4.69, 9.17) is 44.0 Å². The molecule has 0 aliphatic heterocycles. The van der Waals surface area contributed by atoms with Gasteiger partial charge in [-0.25, -0.2) is 0 Å². The van der Waals surface area contributed by atoms with Crippen LogP contribution in [0.15, 0.2) is 52.9 Å². The standard InChI is InChI=1S/C22H19Cl3N2O2/c1-2-15-28-19-12-9-18(10-13-19)8-5-16-3-6-17(7-4-16)11-14-20-26-27-21(29-20)22(23,24)25/h3-14H,2,15H2,1H3. The smallest absolute Gasteiger partial charge is 0.268 e. The lowest BCUT2D eigenvalue weighted by Gasteiger charge is -2.04. The Morgan fingerprint density at radius 3 is 1.83 bits per heavy atom. The first-order valence-corrected chi connectivity index (χ1v) is 10.2. The van der Waals surface area contributed by atoms with E-state index in [1.54, 1.807) is 6.08 Å². The summed E-state index contributed by atoms with van der Waals surface area (Å²) in [5.74, 6) is 1.09. The van der Waals surface area contributed by atoms with Crippen LogP contribution >= 0.6 is 34.8 Å². The molecule has 150 valence electrons. The molecule has 29 heavy (non-hydrogen) atoms. The predicted octanol–water partition coefficient (Wildman–Crippen LogP) is 7.03. The van der Waals surface area contributed by atoms with E-state index in [2.05, 4.69) is 29.3 Å². The molecular formula is C22H19Cl3N2O2. The minimum Gasteiger partial charge on any atom is -0.494 e. The van der Waals surface area contributed by atoms with E-state index in [9.17, 15) is 0 Å². The van der Waals surface area contributed by atoms with Gasteiger partial charge in [-0.1, -0.05) is 90.3 Å². The van der Waals surface area contributed by atoms with Crippen LogP contribution in [0.1, 0.15) is 41.8 Å². The molecule has 2 aromatic carbocycles.